The van der Waals surface area contributed by atoms with Crippen molar-refractivity contribution < 1.29 is 9.53 Å². The smallest absolute Gasteiger partial charge is 0.338 e. The Balaban J connectivity index is 3.23. The van der Waals surface area contributed by atoms with Crippen LogP contribution in [-0.2, 0) is 9.06 Å². The summed E-state index contributed by atoms with van der Waals surface area (Å²) in [6.07, 6.45) is 0. The van der Waals surface area contributed by atoms with E-state index in [0.717, 1.165) is 5.56 Å². The summed E-state index contributed by atoms with van der Waals surface area (Å²) in [5, 5.41) is 0. The lowest BCUT2D eigenvalue weighted by Gasteiger charge is -2.19. The first kappa shape index (κ1) is 11.2. The number of ether oxygens (including phenoxy) is 1. The Bertz CT molecular complexity index is 339. The molecule has 0 bridgehead atoms. The number of benzene rings is 1. The van der Waals surface area contributed by atoms with E-state index in [1.165, 1.54) is 7.11 Å². The van der Waals surface area contributed by atoms with Gasteiger partial charge in [0.15, 0.2) is 0 Å². The van der Waals surface area contributed by atoms with Crippen LogP contribution in [-0.4, -0.2) is 13.1 Å². The van der Waals surface area contributed by atoms with Crippen molar-refractivity contribution >= 4 is 21.9 Å². The summed E-state index contributed by atoms with van der Waals surface area (Å²) >= 11 is 3.53. The quantitative estimate of drug-likeness (QED) is 0.601. The third-order valence-corrected chi connectivity index (χ3v) is 2.40. The number of hydrogen-bond donors (Lipinski definition) is 0. The Morgan fingerprint density at radius 2 is 1.93 bits per heavy atom. The minimum absolute atomic E-state index is 0.224. The van der Waals surface area contributed by atoms with Gasteiger partial charge >= 0.3 is 5.97 Å². The molecule has 0 atom stereocenters. The second-order valence-electron chi connectivity index (χ2n) is 3.51. The predicted octanol–water partition coefficient (Wildman–Crippen LogP) is 3.10. The summed E-state index contributed by atoms with van der Waals surface area (Å²) in [4.78, 5) is 11.4. The zero-order chi connectivity index (χ0) is 10.8. The van der Waals surface area contributed by atoms with Crippen LogP contribution in [0.3, 0.4) is 0 Å². The molecule has 0 fully saturated rings. The maximum absolute atomic E-state index is 11.4. The average molecular weight is 257 g/mol. The molecule has 0 aromatic heterocycles. The Morgan fingerprint density at radius 3 is 2.43 bits per heavy atom. The SMILES string of the molecule is COC(=O)c1ccccc1C(C)(C)Br. The Hall–Kier alpha value is -0.830. The van der Waals surface area contributed by atoms with Crippen LogP contribution in [0, 0.1) is 0 Å². The zero-order valence-corrected chi connectivity index (χ0v) is 10.1. The van der Waals surface area contributed by atoms with E-state index in [1.807, 2.05) is 32.0 Å². The van der Waals surface area contributed by atoms with Gasteiger partial charge in [0.25, 0.3) is 0 Å². The van der Waals surface area contributed by atoms with Crippen molar-refractivity contribution in [3.8, 4) is 0 Å². The molecule has 0 aliphatic rings. The third kappa shape index (κ3) is 2.35. The highest BCUT2D eigenvalue weighted by Gasteiger charge is 2.22. The lowest BCUT2D eigenvalue weighted by atomic mass is 9.97. The van der Waals surface area contributed by atoms with E-state index in [1.54, 1.807) is 6.07 Å². The van der Waals surface area contributed by atoms with Crippen molar-refractivity contribution in [3.05, 3.63) is 35.4 Å². The number of alkyl halides is 1. The van der Waals surface area contributed by atoms with Gasteiger partial charge in [-0.25, -0.2) is 4.79 Å². The van der Waals surface area contributed by atoms with Crippen LogP contribution in [0.2, 0.25) is 0 Å². The molecule has 0 aliphatic heterocycles. The first-order valence-electron chi connectivity index (χ1n) is 4.33. The number of rotatable bonds is 2. The maximum Gasteiger partial charge on any atom is 0.338 e. The largest absolute Gasteiger partial charge is 0.465 e. The van der Waals surface area contributed by atoms with Crippen molar-refractivity contribution in [2.45, 2.75) is 18.2 Å². The minimum Gasteiger partial charge on any atom is -0.465 e. The Labute approximate surface area is 92.4 Å². The molecule has 0 unspecified atom stereocenters. The molecule has 0 amide bonds. The van der Waals surface area contributed by atoms with Gasteiger partial charge in [0.2, 0.25) is 0 Å². The number of carbonyl (C=O) groups is 1. The standard InChI is InChI=1S/C11H13BrO2/c1-11(2,12)9-7-5-4-6-8(9)10(13)14-3/h4-7H,1-3H3. The first-order chi connectivity index (χ1) is 6.46. The molecule has 0 aliphatic carbocycles. The average Bonchev–Trinajstić information content (AvgIpc) is 2.15. The molecule has 1 aromatic rings. The van der Waals surface area contributed by atoms with E-state index < -0.39 is 0 Å². The molecular weight excluding hydrogens is 244 g/mol. The van der Waals surface area contributed by atoms with Gasteiger partial charge in [-0.1, -0.05) is 34.1 Å². The van der Waals surface area contributed by atoms with Gasteiger partial charge in [0, 0.05) is 4.32 Å². The van der Waals surface area contributed by atoms with Gasteiger partial charge in [-0.15, -0.1) is 0 Å². The van der Waals surface area contributed by atoms with Crippen molar-refractivity contribution in [1.29, 1.82) is 0 Å². The summed E-state index contributed by atoms with van der Waals surface area (Å²) in [5.74, 6) is -0.298. The fourth-order valence-electron chi connectivity index (χ4n) is 1.29. The molecule has 0 heterocycles. The van der Waals surface area contributed by atoms with Gasteiger partial charge in [-0.3, -0.25) is 0 Å². The number of carbonyl (C=O) groups excluding carboxylic acids is 1. The van der Waals surface area contributed by atoms with E-state index in [-0.39, 0.29) is 10.3 Å². The highest BCUT2D eigenvalue weighted by molar-refractivity contribution is 9.09. The van der Waals surface area contributed by atoms with Crippen LogP contribution in [0.4, 0.5) is 0 Å². The number of esters is 1. The maximum atomic E-state index is 11.4. The van der Waals surface area contributed by atoms with Crippen molar-refractivity contribution in [1.82, 2.24) is 0 Å². The molecule has 2 nitrogen and oxygen atoms in total. The summed E-state index contributed by atoms with van der Waals surface area (Å²) in [6, 6.07) is 7.42. The van der Waals surface area contributed by atoms with E-state index in [9.17, 15) is 4.79 Å². The highest BCUT2D eigenvalue weighted by Crippen LogP contribution is 2.32. The molecule has 1 rings (SSSR count). The number of halogens is 1. The first-order valence-corrected chi connectivity index (χ1v) is 5.13. The van der Waals surface area contributed by atoms with Gasteiger partial charge in [0.1, 0.15) is 0 Å². The molecule has 0 spiro atoms. The summed E-state index contributed by atoms with van der Waals surface area (Å²) in [5.41, 5.74) is 1.55. The van der Waals surface area contributed by atoms with E-state index in [4.69, 9.17) is 4.74 Å². The molecule has 0 saturated carbocycles. The molecule has 76 valence electrons. The second kappa shape index (κ2) is 4.13. The topological polar surface area (TPSA) is 26.3 Å². The molecule has 0 radical (unpaired) electrons. The fourth-order valence-corrected chi connectivity index (χ4v) is 1.64. The minimum atomic E-state index is -0.298. The van der Waals surface area contributed by atoms with E-state index in [0.29, 0.717) is 5.56 Å². The highest BCUT2D eigenvalue weighted by atomic mass is 79.9. The zero-order valence-electron chi connectivity index (χ0n) is 8.50. The van der Waals surface area contributed by atoms with Crippen LogP contribution in [0.5, 0.6) is 0 Å². The van der Waals surface area contributed by atoms with Crippen LogP contribution in [0.1, 0.15) is 29.8 Å². The molecular formula is C11H13BrO2. The third-order valence-electron chi connectivity index (χ3n) is 1.97. The number of hydrogen-bond acceptors (Lipinski definition) is 2. The number of methoxy groups -OCH3 is 1. The van der Waals surface area contributed by atoms with E-state index in [2.05, 4.69) is 15.9 Å². The summed E-state index contributed by atoms with van der Waals surface area (Å²) in [7, 11) is 1.39. The second-order valence-corrected chi connectivity index (χ2v) is 5.49. The lowest BCUT2D eigenvalue weighted by molar-refractivity contribution is 0.0599. The molecule has 3 heteroatoms. The van der Waals surface area contributed by atoms with Crippen LogP contribution in [0.25, 0.3) is 0 Å². The summed E-state index contributed by atoms with van der Waals surface area (Å²) in [6.45, 7) is 3.99. The van der Waals surface area contributed by atoms with Crippen LogP contribution in [0.15, 0.2) is 24.3 Å². The fraction of sp³-hybridized carbons (Fsp3) is 0.364. The Kier molecular flexibility index (Phi) is 3.32. The van der Waals surface area contributed by atoms with Crippen molar-refractivity contribution in [2.75, 3.05) is 7.11 Å². The molecule has 0 N–H and O–H groups in total. The van der Waals surface area contributed by atoms with Crippen molar-refractivity contribution in [3.63, 3.8) is 0 Å². The van der Waals surface area contributed by atoms with Crippen molar-refractivity contribution in [2.24, 2.45) is 0 Å². The normalized spacial score (nSPS) is 11.1. The van der Waals surface area contributed by atoms with Gasteiger partial charge in [-0.05, 0) is 25.5 Å². The molecule has 1 aromatic carbocycles. The van der Waals surface area contributed by atoms with Gasteiger partial charge in [0.05, 0.1) is 12.7 Å². The molecule has 14 heavy (non-hydrogen) atoms. The van der Waals surface area contributed by atoms with Crippen LogP contribution >= 0.6 is 15.9 Å². The van der Waals surface area contributed by atoms with Gasteiger partial charge in [-0.2, -0.15) is 0 Å². The lowest BCUT2D eigenvalue weighted by Crippen LogP contribution is -2.14. The molecule has 0 saturated heterocycles. The monoisotopic (exact) mass is 256 g/mol. The predicted molar refractivity (Wildman–Crippen MR) is 59.7 cm³/mol. The van der Waals surface area contributed by atoms with Crippen LogP contribution < -0.4 is 0 Å². The van der Waals surface area contributed by atoms with Gasteiger partial charge < -0.3 is 4.74 Å². The Morgan fingerprint density at radius 1 is 1.36 bits per heavy atom. The summed E-state index contributed by atoms with van der Waals surface area (Å²) < 4.78 is 4.49. The van der Waals surface area contributed by atoms with E-state index >= 15 is 0 Å².